The van der Waals surface area contributed by atoms with Crippen LogP contribution in [0.2, 0.25) is 0 Å². The molecule has 5 aromatic rings. The Morgan fingerprint density at radius 3 is 1.82 bits per heavy atom. The smallest absolute Gasteiger partial charge is 0.657 e. The van der Waals surface area contributed by atoms with Gasteiger partial charge in [-0.2, -0.15) is 0 Å². The number of nitrogens with zero attached hydrogens (tertiary/aromatic N) is 4. The Morgan fingerprint density at radius 1 is 0.564 bits per heavy atom. The minimum absolute atomic E-state index is 0. The molecule has 0 saturated heterocycles. The van der Waals surface area contributed by atoms with Crippen LogP contribution in [0, 0.1) is 0 Å². The third-order valence-corrected chi connectivity index (χ3v) is 6.72. The van der Waals surface area contributed by atoms with Crippen molar-refractivity contribution in [1.29, 1.82) is 0 Å². The van der Waals surface area contributed by atoms with Crippen molar-refractivity contribution in [2.75, 3.05) is 0 Å². The van der Waals surface area contributed by atoms with Gasteiger partial charge in [-0.15, -0.1) is 22.1 Å². The molecule has 2 aromatic carbocycles. The van der Waals surface area contributed by atoms with Gasteiger partial charge in [-0.3, -0.25) is 4.79 Å². The van der Waals surface area contributed by atoms with Gasteiger partial charge in [-0.05, 0) is 46.6 Å². The second-order valence-corrected chi connectivity index (χ2v) is 9.10. The van der Waals surface area contributed by atoms with Crippen LogP contribution in [0.1, 0.15) is 33.1 Å². The van der Waals surface area contributed by atoms with Gasteiger partial charge in [0.15, 0.2) is 6.29 Å². The maximum atomic E-state index is 12.4. The molecule has 0 unspecified atom stereocenters. The van der Waals surface area contributed by atoms with Gasteiger partial charge in [-0.25, -0.2) is 9.97 Å². The monoisotopic (exact) mass is 552 g/mol. The summed E-state index contributed by atoms with van der Waals surface area (Å²) in [4.78, 5) is 32.0. The Balaban J connectivity index is 0.00000277. The van der Waals surface area contributed by atoms with E-state index in [0.717, 1.165) is 62.2 Å². The van der Waals surface area contributed by atoms with Crippen LogP contribution < -0.4 is 9.97 Å². The molecule has 0 radical (unpaired) electrons. The van der Waals surface area contributed by atoms with Gasteiger partial charge in [0, 0.05) is 5.56 Å². The summed E-state index contributed by atoms with van der Waals surface area (Å²) in [6.07, 6.45) is 8.63. The fourth-order valence-electron chi connectivity index (χ4n) is 4.97. The summed E-state index contributed by atoms with van der Waals surface area (Å²) in [5.41, 5.74) is 10.1. The Labute approximate surface area is 237 Å². The van der Waals surface area contributed by atoms with Crippen molar-refractivity contribution in [3.8, 4) is 22.3 Å². The van der Waals surface area contributed by atoms with E-state index in [4.69, 9.17) is 19.9 Å². The second kappa shape index (κ2) is 10.2. The average Bonchev–Trinajstić information content (AvgIpc) is 3.77. The second-order valence-electron chi connectivity index (χ2n) is 9.10. The number of benzene rings is 2. The molecule has 0 N–H and O–H groups in total. The van der Waals surface area contributed by atoms with E-state index in [1.54, 1.807) is 0 Å². The summed E-state index contributed by atoms with van der Waals surface area (Å²) in [7, 11) is 0. The van der Waals surface area contributed by atoms with E-state index in [0.29, 0.717) is 16.8 Å². The Morgan fingerprint density at radius 2 is 1.13 bits per heavy atom. The summed E-state index contributed by atoms with van der Waals surface area (Å²) < 4.78 is 0. The molecule has 7 rings (SSSR count). The van der Waals surface area contributed by atoms with Gasteiger partial charge in [0.25, 0.3) is 0 Å². The minimum atomic E-state index is 0. The molecule has 5 heterocycles. The predicted octanol–water partition coefficient (Wildman–Crippen LogP) is 7.06. The van der Waals surface area contributed by atoms with Crippen LogP contribution in [0.3, 0.4) is 0 Å². The van der Waals surface area contributed by atoms with Gasteiger partial charge in [-0.1, -0.05) is 91.0 Å². The number of fused-ring (bicyclic) bond motifs is 8. The van der Waals surface area contributed by atoms with E-state index in [-0.39, 0.29) is 19.5 Å². The average molecular weight is 554 g/mol. The van der Waals surface area contributed by atoms with Gasteiger partial charge >= 0.3 is 19.5 Å². The number of carbonyl (C=O) groups excluding carboxylic acids is 1. The van der Waals surface area contributed by atoms with Crippen molar-refractivity contribution in [2.45, 2.75) is 0 Å². The SMILES string of the molecule is O=Cc1c2nc(c(-c3ccccc3)c3ccc(cc4nc(c(-c5ccccc5)c5ccc1[n-]5)C=C4)[n-]3)C=C2.[Zn+2]. The summed E-state index contributed by atoms with van der Waals surface area (Å²) in [6, 6.07) is 29.9. The first-order chi connectivity index (χ1) is 18.8. The van der Waals surface area contributed by atoms with Crippen molar-refractivity contribution in [3.05, 3.63) is 119 Å². The first kappa shape index (κ1) is 24.7. The number of rotatable bonds is 3. The Hall–Kier alpha value is -4.67. The molecule has 0 atom stereocenters. The van der Waals surface area contributed by atoms with E-state index >= 15 is 0 Å². The molecule has 0 spiro atoms. The molecule has 2 aliphatic heterocycles. The summed E-state index contributed by atoms with van der Waals surface area (Å²) in [5.74, 6) is 0. The largest absolute Gasteiger partial charge is 2.00 e. The molecular weight excluding hydrogens is 534 g/mol. The van der Waals surface area contributed by atoms with Crippen LogP contribution in [0.5, 0.6) is 0 Å². The fraction of sp³-hybridized carbons (Fsp3) is 0. The molecule has 6 heteroatoms. The molecule has 0 aliphatic carbocycles. The standard InChI is InChI=1S/C33H21N4O.Zn/c38-20-25-26-15-17-30(36-26)32(21-7-3-1-4-8-21)28-13-11-23(34-28)19-24-12-14-29(35-24)33(22-9-5-2-6-10-22)31-18-16-27(25)37-31;/h1-20H,(H-,34,35,36,37,38);/q-1;+2/p-1. The van der Waals surface area contributed by atoms with E-state index < -0.39 is 0 Å². The van der Waals surface area contributed by atoms with E-state index in [1.165, 1.54) is 0 Å². The molecule has 0 saturated carbocycles. The van der Waals surface area contributed by atoms with Crippen LogP contribution in [-0.2, 0) is 19.5 Å². The maximum absolute atomic E-state index is 12.4. The van der Waals surface area contributed by atoms with Crippen LogP contribution in [0.15, 0.2) is 91.0 Å². The zero-order valence-electron chi connectivity index (χ0n) is 21.0. The van der Waals surface area contributed by atoms with Crippen molar-refractivity contribution < 1.29 is 24.3 Å². The van der Waals surface area contributed by atoms with Crippen LogP contribution in [-0.4, -0.2) is 16.3 Å². The molecule has 39 heavy (non-hydrogen) atoms. The molecule has 0 amide bonds. The van der Waals surface area contributed by atoms with Crippen molar-refractivity contribution in [1.82, 2.24) is 19.9 Å². The van der Waals surface area contributed by atoms with Crippen molar-refractivity contribution in [2.24, 2.45) is 0 Å². The summed E-state index contributed by atoms with van der Waals surface area (Å²) in [5, 5.41) is 0. The minimum Gasteiger partial charge on any atom is -0.657 e. The van der Waals surface area contributed by atoms with Gasteiger partial charge in [0.2, 0.25) is 0 Å². The molecule has 5 nitrogen and oxygen atoms in total. The zero-order chi connectivity index (χ0) is 25.5. The number of carbonyl (C=O) groups is 1. The molecule has 8 bridgehead atoms. The Bertz CT molecular complexity index is 1900. The summed E-state index contributed by atoms with van der Waals surface area (Å²) >= 11 is 0. The van der Waals surface area contributed by atoms with Gasteiger partial charge in [0.1, 0.15) is 0 Å². The third-order valence-electron chi connectivity index (χ3n) is 6.72. The topological polar surface area (TPSA) is 71.1 Å². The number of hydrogen-bond donors (Lipinski definition) is 0. The van der Waals surface area contributed by atoms with Crippen LogP contribution in [0.4, 0.5) is 0 Å². The predicted molar refractivity (Wildman–Crippen MR) is 153 cm³/mol. The van der Waals surface area contributed by atoms with Gasteiger partial charge in [0.05, 0.1) is 22.8 Å². The van der Waals surface area contributed by atoms with Crippen LogP contribution in [0.25, 0.3) is 68.6 Å². The van der Waals surface area contributed by atoms with E-state index in [1.807, 2.05) is 115 Å². The number of aldehydes is 1. The normalized spacial score (nSPS) is 11.8. The van der Waals surface area contributed by atoms with Crippen molar-refractivity contribution >= 4 is 52.7 Å². The Kier molecular flexibility index (Phi) is 6.47. The summed E-state index contributed by atoms with van der Waals surface area (Å²) in [6.45, 7) is 0. The fourth-order valence-corrected chi connectivity index (χ4v) is 4.97. The van der Waals surface area contributed by atoms with E-state index in [2.05, 4.69) is 0 Å². The third kappa shape index (κ3) is 4.49. The number of hydrogen-bond acceptors (Lipinski definition) is 3. The van der Waals surface area contributed by atoms with Gasteiger partial charge < -0.3 is 9.97 Å². The zero-order valence-corrected chi connectivity index (χ0v) is 23.9. The first-order valence-electron chi connectivity index (χ1n) is 12.4. The molecular formula is C33H20N4OZn. The van der Waals surface area contributed by atoms with Crippen molar-refractivity contribution in [3.63, 3.8) is 0 Å². The molecule has 3 aromatic heterocycles. The van der Waals surface area contributed by atoms with E-state index in [9.17, 15) is 4.79 Å². The maximum Gasteiger partial charge on any atom is 2.00 e. The first-order valence-corrected chi connectivity index (χ1v) is 12.4. The molecule has 2 aliphatic rings. The number of aromatic nitrogens is 4. The quantitative estimate of drug-likeness (QED) is 0.173. The molecule has 0 fully saturated rings. The van der Waals surface area contributed by atoms with Crippen LogP contribution >= 0.6 is 0 Å². The molecule has 180 valence electrons.